The van der Waals surface area contributed by atoms with Crippen molar-refractivity contribution in [3.63, 3.8) is 0 Å². The van der Waals surface area contributed by atoms with Crippen molar-refractivity contribution in [2.24, 2.45) is 32.5 Å². The fourth-order valence-electron chi connectivity index (χ4n) is 8.18. The van der Waals surface area contributed by atoms with Crippen LogP contribution in [-0.4, -0.2) is 7.11 Å². The van der Waals surface area contributed by atoms with Crippen LogP contribution in [-0.2, 0) is 38.5 Å². The van der Waals surface area contributed by atoms with Gasteiger partial charge in [-0.05, 0) is 159 Å². The molecule has 0 amide bonds. The first kappa shape index (κ1) is 80.3. The highest BCUT2D eigenvalue weighted by atomic mass is 35.5. The van der Waals surface area contributed by atoms with Crippen LogP contribution in [0.15, 0.2) is 127 Å². The molecule has 0 aliphatic rings. The van der Waals surface area contributed by atoms with E-state index in [0.29, 0.717) is 28.6 Å². The Hall–Kier alpha value is -4.94. The van der Waals surface area contributed by atoms with Gasteiger partial charge in [0.25, 0.3) is 0 Å². The lowest BCUT2D eigenvalue weighted by Gasteiger charge is -2.18. The van der Waals surface area contributed by atoms with Crippen LogP contribution in [0.2, 0.25) is 5.02 Å². The summed E-state index contributed by atoms with van der Waals surface area (Å²) in [6, 6.07) is 40.5. The second kappa shape index (κ2) is 35.9. The highest BCUT2D eigenvalue weighted by Gasteiger charge is 2.20. The van der Waals surface area contributed by atoms with Gasteiger partial charge in [-0.25, -0.2) is 22.0 Å². The Morgan fingerprint density at radius 3 is 1.21 bits per heavy atom. The van der Waals surface area contributed by atoms with Crippen molar-refractivity contribution in [1.82, 2.24) is 0 Å². The molecule has 0 bridgehead atoms. The molecule has 0 saturated carbocycles. The van der Waals surface area contributed by atoms with E-state index in [9.17, 15) is 22.0 Å². The van der Waals surface area contributed by atoms with Crippen molar-refractivity contribution < 1.29 is 26.7 Å². The molecule has 0 unspecified atom stereocenters. The third-order valence-electron chi connectivity index (χ3n) is 11.3. The van der Waals surface area contributed by atoms with Gasteiger partial charge in [0, 0.05) is 0 Å². The number of halogens is 6. The van der Waals surface area contributed by atoms with Gasteiger partial charge in [-0.3, -0.25) is 0 Å². The highest BCUT2D eigenvalue weighted by molar-refractivity contribution is 6.30. The van der Waals surface area contributed by atoms with Gasteiger partial charge in [0.15, 0.2) is 17.5 Å². The van der Waals surface area contributed by atoms with Crippen LogP contribution >= 0.6 is 11.6 Å². The molecule has 6 aromatic carbocycles. The first-order valence-electron chi connectivity index (χ1n) is 27.6. The molecule has 1 nitrogen and oxygen atoms in total. The SMILES string of the molecule is C.C.C.CC(C)(C)Cc1ccc(Cl)c(F)c1.CC(C)(C)Cc1ccc(F)c(F)c1F.CC(C)(C)Cc1ccccc1.CC(C)c1ccc(CC(C)(C)C)cc1.COc1cccc(CC(C)(C)C)c1.Cc1ccc(F)c(CC(C)(C)C)c1. The monoisotopic (exact) mass is 1150 g/mol. The molecule has 6 rings (SSSR count). The van der Waals surface area contributed by atoms with E-state index >= 15 is 0 Å². The zero-order valence-electron chi connectivity index (χ0n) is 52.1. The van der Waals surface area contributed by atoms with E-state index in [1.165, 1.54) is 34.4 Å². The second-order valence-corrected chi connectivity index (χ2v) is 28.7. The summed E-state index contributed by atoms with van der Waals surface area (Å²) in [7, 11) is 1.70. The zero-order chi connectivity index (χ0) is 60.0. The fraction of sp³-hybridized carbons (Fsp3) is 0.514. The molecule has 0 saturated heterocycles. The topological polar surface area (TPSA) is 9.23 Å². The van der Waals surface area contributed by atoms with Crippen LogP contribution in [0, 0.1) is 68.5 Å². The molecule has 0 fully saturated rings. The largest absolute Gasteiger partial charge is 0.497 e. The predicted molar refractivity (Wildman–Crippen MR) is 348 cm³/mol. The van der Waals surface area contributed by atoms with Gasteiger partial charge in [-0.1, -0.05) is 269 Å². The molecular formula is C74H112ClF5O. The van der Waals surface area contributed by atoms with Crippen molar-refractivity contribution >= 4 is 11.6 Å². The summed E-state index contributed by atoms with van der Waals surface area (Å²) in [6.07, 6.45) is 5.45. The molecule has 0 radical (unpaired) electrons. The Labute approximate surface area is 499 Å². The van der Waals surface area contributed by atoms with Crippen molar-refractivity contribution in [2.75, 3.05) is 7.11 Å². The molecule has 456 valence electrons. The van der Waals surface area contributed by atoms with E-state index in [4.69, 9.17) is 16.3 Å². The normalized spacial score (nSPS) is 11.3. The maximum atomic E-state index is 13.3. The van der Waals surface area contributed by atoms with Crippen LogP contribution in [0.4, 0.5) is 22.0 Å². The molecular weight excluding hydrogens is 1040 g/mol. The summed E-state index contributed by atoms with van der Waals surface area (Å²) in [6.45, 7) is 45.3. The summed E-state index contributed by atoms with van der Waals surface area (Å²) in [5.41, 5.74) is 10.1. The fourth-order valence-corrected chi connectivity index (χ4v) is 8.30. The first-order valence-corrected chi connectivity index (χ1v) is 28.0. The molecule has 0 atom stereocenters. The average molecular weight is 1150 g/mol. The van der Waals surface area contributed by atoms with Crippen LogP contribution in [0.5, 0.6) is 5.75 Å². The van der Waals surface area contributed by atoms with Crippen molar-refractivity contribution in [3.05, 3.63) is 206 Å². The quantitative estimate of drug-likeness (QED) is 0.109. The van der Waals surface area contributed by atoms with Crippen LogP contribution < -0.4 is 4.74 Å². The van der Waals surface area contributed by atoms with E-state index in [-0.39, 0.29) is 60.7 Å². The lowest BCUT2D eigenvalue weighted by molar-refractivity contribution is 0.387. The molecule has 0 spiro atoms. The first-order chi connectivity index (χ1) is 35.5. The van der Waals surface area contributed by atoms with Gasteiger partial charge in [-0.2, -0.15) is 0 Å². The number of rotatable bonds is 8. The van der Waals surface area contributed by atoms with Crippen LogP contribution in [0.3, 0.4) is 0 Å². The minimum atomic E-state index is -1.38. The molecule has 0 heterocycles. The van der Waals surface area contributed by atoms with E-state index in [1.807, 2.05) is 58.0 Å². The predicted octanol–water partition coefficient (Wildman–Crippen LogP) is 24.3. The molecule has 0 aliphatic carbocycles. The number of methoxy groups -OCH3 is 1. The van der Waals surface area contributed by atoms with Crippen molar-refractivity contribution in [3.8, 4) is 5.75 Å². The standard InChI is InChI=1S/C14H22.C12H17F.C12H18O.C11H14ClF.C11H13F3.C11H16.3CH4/c1-11(2)13-8-6-12(7-9-13)10-14(3,4)5;1-9-5-6-11(13)10(7-9)8-12(2,3)4;1-12(2,3)9-10-6-5-7-11(8-10)13-4;1-11(2,3)7-8-4-5-9(12)10(13)6-8;1-11(2,3)6-7-4-5-8(12)10(14)9(7)13;1-11(2,3)9-10-7-5-4-6-8-10;;;/h6-9,11H,10H2,1-5H3;5-7H,8H2,1-4H3;5-8H,9H2,1-4H3;4-6H,7H2,1-3H3;4-5H,6H2,1-3H3;4-8H,9H2,1-3H3;3*1H4. The maximum Gasteiger partial charge on any atom is 0.194 e. The molecule has 81 heavy (non-hydrogen) atoms. The molecule has 0 aromatic heterocycles. The minimum Gasteiger partial charge on any atom is -0.497 e. The number of aryl methyl sites for hydroxylation is 1. The Bertz CT molecular complexity index is 2650. The van der Waals surface area contributed by atoms with Crippen LogP contribution in [0.25, 0.3) is 0 Å². The maximum absolute atomic E-state index is 13.3. The molecule has 7 heteroatoms. The summed E-state index contributed by atoms with van der Waals surface area (Å²) in [4.78, 5) is 0. The van der Waals surface area contributed by atoms with Crippen LogP contribution in [0.1, 0.15) is 211 Å². The summed E-state index contributed by atoms with van der Waals surface area (Å²) in [5.74, 6) is -2.42. The molecule has 0 aliphatic heterocycles. The number of hydrogen-bond donors (Lipinski definition) is 0. The number of ether oxygens (including phenoxy) is 1. The van der Waals surface area contributed by atoms with Gasteiger partial charge in [0.05, 0.1) is 12.1 Å². The third kappa shape index (κ3) is 38.5. The average Bonchev–Trinajstić information content (AvgIpc) is 3.28. The van der Waals surface area contributed by atoms with E-state index in [1.54, 1.807) is 19.2 Å². The number of benzene rings is 6. The lowest BCUT2D eigenvalue weighted by Crippen LogP contribution is -2.11. The van der Waals surface area contributed by atoms with Gasteiger partial charge < -0.3 is 4.74 Å². The zero-order valence-corrected chi connectivity index (χ0v) is 52.9. The van der Waals surface area contributed by atoms with E-state index in [2.05, 4.69) is 184 Å². The summed E-state index contributed by atoms with van der Waals surface area (Å²) in [5, 5.41) is 0.192. The van der Waals surface area contributed by atoms with Crippen molar-refractivity contribution in [2.45, 2.75) is 212 Å². The van der Waals surface area contributed by atoms with Gasteiger partial charge in [-0.15, -0.1) is 0 Å². The van der Waals surface area contributed by atoms with Gasteiger partial charge in [0.2, 0.25) is 0 Å². The number of hydrogen-bond acceptors (Lipinski definition) is 1. The Balaban J connectivity index is -0.000000896. The Morgan fingerprint density at radius 2 is 0.778 bits per heavy atom. The van der Waals surface area contributed by atoms with E-state index < -0.39 is 17.5 Å². The lowest BCUT2D eigenvalue weighted by atomic mass is 9.87. The van der Waals surface area contributed by atoms with E-state index in [0.717, 1.165) is 60.6 Å². The third-order valence-corrected chi connectivity index (χ3v) is 11.6. The summed E-state index contributed by atoms with van der Waals surface area (Å²) < 4.78 is 70.1. The van der Waals surface area contributed by atoms with Gasteiger partial charge >= 0.3 is 0 Å². The molecule has 6 aromatic rings. The van der Waals surface area contributed by atoms with Gasteiger partial charge in [0.1, 0.15) is 17.4 Å². The molecule has 0 N–H and O–H groups in total. The highest BCUT2D eigenvalue weighted by Crippen LogP contribution is 2.28. The minimum absolute atomic E-state index is 0. The van der Waals surface area contributed by atoms with Crippen molar-refractivity contribution in [1.29, 1.82) is 0 Å². The smallest absolute Gasteiger partial charge is 0.194 e. The second-order valence-electron chi connectivity index (χ2n) is 28.3. The summed E-state index contributed by atoms with van der Waals surface area (Å²) >= 11 is 5.58. The Kier molecular flexibility index (Phi) is 35.6. The Morgan fingerprint density at radius 1 is 0.383 bits per heavy atom.